The number of carbonyl (C=O) groups excluding carboxylic acids is 1. The second-order valence-electron chi connectivity index (χ2n) is 5.56. The van der Waals surface area contributed by atoms with Gasteiger partial charge in [0.05, 0.1) is 29.7 Å². The third-order valence-corrected chi connectivity index (χ3v) is 3.78. The van der Waals surface area contributed by atoms with E-state index in [1.807, 2.05) is 56.3 Å². The van der Waals surface area contributed by atoms with Crippen molar-refractivity contribution in [3.63, 3.8) is 0 Å². The maximum Gasteiger partial charge on any atom is 0.257 e. The van der Waals surface area contributed by atoms with Gasteiger partial charge in [0.1, 0.15) is 11.5 Å². The number of aryl methyl sites for hydroxylation is 1. The highest BCUT2D eigenvalue weighted by Gasteiger charge is 2.19. The van der Waals surface area contributed by atoms with Gasteiger partial charge in [-0.1, -0.05) is 18.2 Å². The van der Waals surface area contributed by atoms with Crippen molar-refractivity contribution in [1.82, 2.24) is 14.7 Å². The van der Waals surface area contributed by atoms with Crippen molar-refractivity contribution in [3.8, 4) is 5.69 Å². The van der Waals surface area contributed by atoms with Crippen LogP contribution in [0.1, 0.15) is 27.6 Å². The van der Waals surface area contributed by atoms with E-state index in [0.717, 1.165) is 22.9 Å². The number of hydrogen-bond acceptors (Lipinski definition) is 3. The van der Waals surface area contributed by atoms with Gasteiger partial charge in [0.15, 0.2) is 0 Å². The second kappa shape index (κ2) is 6.12. The topological polar surface area (TPSA) is 51.3 Å². The third-order valence-electron chi connectivity index (χ3n) is 3.78. The first-order chi connectivity index (χ1) is 11.1. The lowest BCUT2D eigenvalue weighted by atomic mass is 10.2. The number of amides is 1. The number of furan rings is 1. The van der Waals surface area contributed by atoms with Gasteiger partial charge in [-0.2, -0.15) is 5.10 Å². The first-order valence-corrected chi connectivity index (χ1v) is 7.47. The summed E-state index contributed by atoms with van der Waals surface area (Å²) in [5.41, 5.74) is 2.36. The molecule has 1 amide bonds. The van der Waals surface area contributed by atoms with E-state index in [1.165, 1.54) is 0 Å². The Balaban J connectivity index is 1.81. The zero-order chi connectivity index (χ0) is 16.4. The van der Waals surface area contributed by atoms with Crippen molar-refractivity contribution < 1.29 is 9.21 Å². The highest BCUT2D eigenvalue weighted by Crippen LogP contribution is 2.17. The van der Waals surface area contributed by atoms with Crippen LogP contribution < -0.4 is 0 Å². The number of carbonyl (C=O) groups is 1. The van der Waals surface area contributed by atoms with Crippen LogP contribution >= 0.6 is 0 Å². The fourth-order valence-corrected chi connectivity index (χ4v) is 2.53. The molecular weight excluding hydrogens is 290 g/mol. The maximum absolute atomic E-state index is 12.7. The molecule has 1 aromatic carbocycles. The largest absolute Gasteiger partial charge is 0.464 e. The smallest absolute Gasteiger partial charge is 0.257 e. The summed E-state index contributed by atoms with van der Waals surface area (Å²) in [7, 11) is 1.76. The minimum atomic E-state index is -0.0706. The molecule has 0 atom stereocenters. The van der Waals surface area contributed by atoms with Gasteiger partial charge in [0.2, 0.25) is 0 Å². The zero-order valence-corrected chi connectivity index (χ0v) is 13.5. The summed E-state index contributed by atoms with van der Waals surface area (Å²) < 4.78 is 7.31. The van der Waals surface area contributed by atoms with Gasteiger partial charge in [0, 0.05) is 7.05 Å². The van der Waals surface area contributed by atoms with Crippen LogP contribution in [0.25, 0.3) is 5.69 Å². The fraction of sp³-hybridized carbons (Fsp3) is 0.222. The summed E-state index contributed by atoms with van der Waals surface area (Å²) in [6.07, 6.45) is 1.62. The normalized spacial score (nSPS) is 10.7. The van der Waals surface area contributed by atoms with Gasteiger partial charge < -0.3 is 9.32 Å². The molecule has 0 radical (unpaired) electrons. The van der Waals surface area contributed by atoms with Crippen molar-refractivity contribution in [2.45, 2.75) is 20.4 Å². The van der Waals surface area contributed by atoms with Gasteiger partial charge in [-0.05, 0) is 38.1 Å². The molecule has 0 fully saturated rings. The molecule has 2 aromatic heterocycles. The van der Waals surface area contributed by atoms with Crippen molar-refractivity contribution in [1.29, 1.82) is 0 Å². The molecule has 0 aliphatic rings. The molecule has 3 aromatic rings. The van der Waals surface area contributed by atoms with E-state index in [9.17, 15) is 4.79 Å². The lowest BCUT2D eigenvalue weighted by molar-refractivity contribution is 0.0774. The molecule has 2 heterocycles. The molecule has 5 nitrogen and oxygen atoms in total. The van der Waals surface area contributed by atoms with Crippen molar-refractivity contribution in [2.24, 2.45) is 0 Å². The zero-order valence-electron chi connectivity index (χ0n) is 13.5. The standard InChI is InChI=1S/C18H19N3O2/c1-13-9-10-16(23-13)12-20(3)18(22)17-11-19-21(14(17)2)15-7-5-4-6-8-15/h4-11H,12H2,1-3H3. The molecule has 23 heavy (non-hydrogen) atoms. The molecule has 0 N–H and O–H groups in total. The highest BCUT2D eigenvalue weighted by atomic mass is 16.3. The lowest BCUT2D eigenvalue weighted by Crippen LogP contribution is -2.26. The summed E-state index contributed by atoms with van der Waals surface area (Å²) in [6.45, 7) is 4.22. The highest BCUT2D eigenvalue weighted by molar-refractivity contribution is 5.95. The number of aromatic nitrogens is 2. The number of nitrogens with zero attached hydrogens (tertiary/aromatic N) is 3. The predicted molar refractivity (Wildman–Crippen MR) is 87.5 cm³/mol. The van der Waals surface area contributed by atoms with Gasteiger partial charge in [-0.15, -0.1) is 0 Å². The Kier molecular flexibility index (Phi) is 4.02. The van der Waals surface area contributed by atoms with Crippen LogP contribution in [0.3, 0.4) is 0 Å². The SMILES string of the molecule is Cc1ccc(CN(C)C(=O)c2cnn(-c3ccccc3)c2C)o1. The second-order valence-corrected chi connectivity index (χ2v) is 5.56. The number of benzene rings is 1. The minimum Gasteiger partial charge on any atom is -0.464 e. The van der Waals surface area contributed by atoms with Crippen LogP contribution in [-0.2, 0) is 6.54 Å². The summed E-state index contributed by atoms with van der Waals surface area (Å²) in [5.74, 6) is 1.54. The van der Waals surface area contributed by atoms with Gasteiger partial charge >= 0.3 is 0 Å². The molecule has 0 bridgehead atoms. The van der Waals surface area contributed by atoms with Crippen LogP contribution in [0.2, 0.25) is 0 Å². The minimum absolute atomic E-state index is 0.0706. The average Bonchev–Trinajstić information content (AvgIpc) is 3.13. The van der Waals surface area contributed by atoms with Crippen LogP contribution in [0.15, 0.2) is 53.1 Å². The van der Waals surface area contributed by atoms with E-state index in [2.05, 4.69) is 5.10 Å². The predicted octanol–water partition coefficient (Wildman–Crippen LogP) is 3.35. The van der Waals surface area contributed by atoms with E-state index in [4.69, 9.17) is 4.42 Å². The van der Waals surface area contributed by atoms with E-state index < -0.39 is 0 Å². The summed E-state index contributed by atoms with van der Waals surface area (Å²) in [4.78, 5) is 14.3. The Morgan fingerprint density at radius 1 is 1.17 bits per heavy atom. The van der Waals surface area contributed by atoms with Crippen LogP contribution in [0, 0.1) is 13.8 Å². The van der Waals surface area contributed by atoms with Gasteiger partial charge in [-0.3, -0.25) is 4.79 Å². The van der Waals surface area contributed by atoms with Gasteiger partial charge in [0.25, 0.3) is 5.91 Å². The lowest BCUT2D eigenvalue weighted by Gasteiger charge is -2.15. The third kappa shape index (κ3) is 3.04. The Hall–Kier alpha value is -2.82. The molecule has 118 valence electrons. The molecule has 0 saturated carbocycles. The molecule has 0 unspecified atom stereocenters. The van der Waals surface area contributed by atoms with E-state index >= 15 is 0 Å². The first-order valence-electron chi connectivity index (χ1n) is 7.47. The molecule has 0 spiro atoms. The van der Waals surface area contributed by atoms with Crippen molar-refractivity contribution in [3.05, 3.63) is 71.4 Å². The fourth-order valence-electron chi connectivity index (χ4n) is 2.53. The molecular formula is C18H19N3O2. The number of hydrogen-bond donors (Lipinski definition) is 0. The Morgan fingerprint density at radius 2 is 1.91 bits per heavy atom. The van der Waals surface area contributed by atoms with Crippen LogP contribution in [0.4, 0.5) is 0 Å². The maximum atomic E-state index is 12.7. The number of para-hydroxylation sites is 1. The van der Waals surface area contributed by atoms with Crippen molar-refractivity contribution >= 4 is 5.91 Å². The first kappa shape index (κ1) is 15.1. The summed E-state index contributed by atoms with van der Waals surface area (Å²) in [5, 5.41) is 4.35. The number of rotatable bonds is 4. The monoisotopic (exact) mass is 309 g/mol. The molecule has 3 rings (SSSR count). The van der Waals surface area contributed by atoms with E-state index in [1.54, 1.807) is 22.8 Å². The van der Waals surface area contributed by atoms with E-state index in [0.29, 0.717) is 12.1 Å². The van der Waals surface area contributed by atoms with Crippen molar-refractivity contribution in [2.75, 3.05) is 7.05 Å². The summed E-state index contributed by atoms with van der Waals surface area (Å²) in [6, 6.07) is 13.6. The van der Waals surface area contributed by atoms with E-state index in [-0.39, 0.29) is 5.91 Å². The van der Waals surface area contributed by atoms with Gasteiger partial charge in [-0.25, -0.2) is 4.68 Å². The molecule has 0 aliphatic heterocycles. The molecule has 0 aliphatic carbocycles. The summed E-state index contributed by atoms with van der Waals surface area (Å²) >= 11 is 0. The molecule has 5 heteroatoms. The van der Waals surface area contributed by atoms with Crippen LogP contribution in [0.5, 0.6) is 0 Å². The quantitative estimate of drug-likeness (QED) is 0.742. The Labute approximate surface area is 135 Å². The Morgan fingerprint density at radius 3 is 2.57 bits per heavy atom. The van der Waals surface area contributed by atoms with Crippen LogP contribution in [-0.4, -0.2) is 27.6 Å². The molecule has 0 saturated heterocycles. The average molecular weight is 309 g/mol. The Bertz CT molecular complexity index is 818.